The highest BCUT2D eigenvalue weighted by Crippen LogP contribution is 2.31. The summed E-state index contributed by atoms with van der Waals surface area (Å²) in [5.74, 6) is 0. The van der Waals surface area contributed by atoms with E-state index in [-0.39, 0.29) is 0 Å². The van der Waals surface area contributed by atoms with Gasteiger partial charge in [0.2, 0.25) is 0 Å². The average Bonchev–Trinajstić information content (AvgIpc) is 2.63. The molecule has 0 bridgehead atoms. The molecule has 0 radical (unpaired) electrons. The van der Waals surface area contributed by atoms with Crippen molar-refractivity contribution in [3.05, 3.63) is 56.2 Å². The number of rotatable bonds is 2. The summed E-state index contributed by atoms with van der Waals surface area (Å²) in [6.45, 7) is 3.98. The molecule has 0 aliphatic rings. The molecule has 16 heavy (non-hydrogen) atoms. The molecule has 1 atom stereocenters. The summed E-state index contributed by atoms with van der Waals surface area (Å²) in [6.07, 6.45) is -0.544. The van der Waals surface area contributed by atoms with Crippen molar-refractivity contribution >= 4 is 22.9 Å². The summed E-state index contributed by atoms with van der Waals surface area (Å²) in [5, 5.41) is 13.0. The molecule has 2 aromatic rings. The molecule has 1 unspecified atom stereocenters. The van der Waals surface area contributed by atoms with Gasteiger partial charge < -0.3 is 5.11 Å². The predicted octanol–water partition coefficient (Wildman–Crippen LogP) is 4.10. The van der Waals surface area contributed by atoms with E-state index in [0.29, 0.717) is 5.02 Å². The van der Waals surface area contributed by atoms with E-state index in [1.165, 1.54) is 0 Å². The van der Waals surface area contributed by atoms with Gasteiger partial charge in [-0.2, -0.15) is 0 Å². The Bertz CT molecular complexity index is 504. The first-order valence-electron chi connectivity index (χ1n) is 5.07. The molecule has 0 spiro atoms. The molecule has 0 saturated heterocycles. The summed E-state index contributed by atoms with van der Waals surface area (Å²) in [5.41, 5.74) is 3.08. The van der Waals surface area contributed by atoms with Gasteiger partial charge in [0.05, 0.1) is 0 Å². The first-order valence-corrected chi connectivity index (χ1v) is 6.33. The normalized spacial score (nSPS) is 12.8. The molecule has 1 aromatic heterocycles. The van der Waals surface area contributed by atoms with Gasteiger partial charge in [-0.3, -0.25) is 0 Å². The van der Waals surface area contributed by atoms with Crippen molar-refractivity contribution in [2.45, 2.75) is 20.0 Å². The number of thiophene rings is 1. The standard InChI is InChI=1S/C13H13ClOS/c1-8-5-6-16-13(8)12(15)11-4-3-10(14)7-9(11)2/h3-7,12,15H,1-2H3. The zero-order valence-corrected chi connectivity index (χ0v) is 10.8. The highest BCUT2D eigenvalue weighted by molar-refractivity contribution is 7.10. The van der Waals surface area contributed by atoms with Gasteiger partial charge in [0.15, 0.2) is 0 Å². The van der Waals surface area contributed by atoms with Gasteiger partial charge in [0, 0.05) is 9.90 Å². The van der Waals surface area contributed by atoms with Gasteiger partial charge in [0.25, 0.3) is 0 Å². The molecule has 0 aliphatic carbocycles. The zero-order chi connectivity index (χ0) is 11.7. The molecule has 0 fully saturated rings. The topological polar surface area (TPSA) is 20.2 Å². The third kappa shape index (κ3) is 2.14. The van der Waals surface area contributed by atoms with E-state index >= 15 is 0 Å². The Morgan fingerprint density at radius 2 is 1.94 bits per heavy atom. The van der Waals surface area contributed by atoms with Crippen molar-refractivity contribution in [1.82, 2.24) is 0 Å². The predicted molar refractivity (Wildman–Crippen MR) is 69.3 cm³/mol. The van der Waals surface area contributed by atoms with Crippen LogP contribution in [0.25, 0.3) is 0 Å². The van der Waals surface area contributed by atoms with Crippen molar-refractivity contribution in [1.29, 1.82) is 0 Å². The molecule has 0 saturated carbocycles. The third-order valence-corrected chi connectivity index (χ3v) is 3.98. The molecule has 1 aromatic carbocycles. The van der Waals surface area contributed by atoms with Gasteiger partial charge in [0.1, 0.15) is 6.10 Å². The minimum Gasteiger partial charge on any atom is -0.383 e. The van der Waals surface area contributed by atoms with Gasteiger partial charge in [-0.1, -0.05) is 17.7 Å². The van der Waals surface area contributed by atoms with Crippen LogP contribution in [-0.2, 0) is 0 Å². The van der Waals surface area contributed by atoms with Crippen LogP contribution in [0, 0.1) is 13.8 Å². The first-order chi connectivity index (χ1) is 7.59. The molecular formula is C13H13ClOS. The van der Waals surface area contributed by atoms with Gasteiger partial charge in [-0.15, -0.1) is 11.3 Å². The van der Waals surface area contributed by atoms with Crippen LogP contribution in [0.15, 0.2) is 29.6 Å². The monoisotopic (exact) mass is 252 g/mol. The van der Waals surface area contributed by atoms with Crippen molar-refractivity contribution < 1.29 is 5.11 Å². The summed E-state index contributed by atoms with van der Waals surface area (Å²) >= 11 is 7.48. The van der Waals surface area contributed by atoms with Crippen molar-refractivity contribution in [3.63, 3.8) is 0 Å². The van der Waals surface area contributed by atoms with E-state index in [4.69, 9.17) is 11.6 Å². The lowest BCUT2D eigenvalue weighted by Crippen LogP contribution is -2.01. The van der Waals surface area contributed by atoms with E-state index < -0.39 is 6.10 Å². The summed E-state index contributed by atoms with van der Waals surface area (Å²) in [6, 6.07) is 7.61. The third-order valence-electron chi connectivity index (χ3n) is 2.68. The van der Waals surface area contributed by atoms with Crippen molar-refractivity contribution in [2.24, 2.45) is 0 Å². The zero-order valence-electron chi connectivity index (χ0n) is 9.20. The minimum atomic E-state index is -0.544. The fraction of sp³-hybridized carbons (Fsp3) is 0.231. The molecule has 0 amide bonds. The number of aliphatic hydroxyl groups excluding tert-OH is 1. The lowest BCUT2D eigenvalue weighted by Gasteiger charge is -2.13. The van der Waals surface area contributed by atoms with Crippen LogP contribution in [0.1, 0.15) is 27.7 Å². The average molecular weight is 253 g/mol. The smallest absolute Gasteiger partial charge is 0.114 e. The second kappa shape index (κ2) is 4.58. The van der Waals surface area contributed by atoms with Gasteiger partial charge in [-0.05, 0) is 54.1 Å². The van der Waals surface area contributed by atoms with Crippen LogP contribution in [0.2, 0.25) is 5.02 Å². The Kier molecular flexibility index (Phi) is 3.33. The number of hydrogen-bond donors (Lipinski definition) is 1. The largest absolute Gasteiger partial charge is 0.383 e. The van der Waals surface area contributed by atoms with Crippen LogP contribution in [0.5, 0.6) is 0 Å². The molecule has 2 rings (SSSR count). The van der Waals surface area contributed by atoms with Crippen LogP contribution >= 0.6 is 22.9 Å². The molecular weight excluding hydrogens is 240 g/mol. The molecule has 3 heteroatoms. The molecule has 1 heterocycles. The SMILES string of the molecule is Cc1cc(Cl)ccc1C(O)c1sccc1C. The van der Waals surface area contributed by atoms with E-state index in [9.17, 15) is 5.11 Å². The van der Waals surface area contributed by atoms with Crippen LogP contribution < -0.4 is 0 Å². The van der Waals surface area contributed by atoms with Crippen LogP contribution in [0.4, 0.5) is 0 Å². The Balaban J connectivity index is 2.41. The second-order valence-corrected chi connectivity index (χ2v) is 5.26. The maximum Gasteiger partial charge on any atom is 0.114 e. The van der Waals surface area contributed by atoms with E-state index in [1.54, 1.807) is 11.3 Å². The number of aryl methyl sites for hydroxylation is 2. The Morgan fingerprint density at radius 1 is 1.19 bits per heavy atom. The fourth-order valence-corrected chi connectivity index (χ4v) is 2.91. The summed E-state index contributed by atoms with van der Waals surface area (Å²) in [4.78, 5) is 1.01. The highest BCUT2D eigenvalue weighted by Gasteiger charge is 2.16. The molecule has 1 N–H and O–H groups in total. The number of benzene rings is 1. The van der Waals surface area contributed by atoms with Crippen LogP contribution in [0.3, 0.4) is 0 Å². The second-order valence-electron chi connectivity index (χ2n) is 3.87. The van der Waals surface area contributed by atoms with Crippen molar-refractivity contribution in [3.8, 4) is 0 Å². The minimum absolute atomic E-state index is 0.544. The maximum absolute atomic E-state index is 10.3. The lowest BCUT2D eigenvalue weighted by molar-refractivity contribution is 0.223. The van der Waals surface area contributed by atoms with Crippen molar-refractivity contribution in [2.75, 3.05) is 0 Å². The highest BCUT2D eigenvalue weighted by atomic mass is 35.5. The maximum atomic E-state index is 10.3. The quantitative estimate of drug-likeness (QED) is 0.853. The molecule has 1 nitrogen and oxygen atoms in total. The van der Waals surface area contributed by atoms with E-state index in [1.807, 2.05) is 43.5 Å². The van der Waals surface area contributed by atoms with E-state index in [2.05, 4.69) is 0 Å². The summed E-state index contributed by atoms with van der Waals surface area (Å²) in [7, 11) is 0. The lowest BCUT2D eigenvalue weighted by atomic mass is 10.0. The fourth-order valence-electron chi connectivity index (χ4n) is 1.75. The Hall–Kier alpha value is -0.830. The summed E-state index contributed by atoms with van der Waals surface area (Å²) < 4.78 is 0. The Morgan fingerprint density at radius 3 is 2.50 bits per heavy atom. The van der Waals surface area contributed by atoms with Crippen LogP contribution in [-0.4, -0.2) is 5.11 Å². The van der Waals surface area contributed by atoms with E-state index in [0.717, 1.165) is 21.6 Å². The number of hydrogen-bond acceptors (Lipinski definition) is 2. The molecule has 0 aliphatic heterocycles. The molecule has 84 valence electrons. The first kappa shape index (κ1) is 11.6. The number of aliphatic hydroxyl groups is 1. The Labute approximate surface area is 104 Å². The number of halogens is 1. The van der Waals surface area contributed by atoms with Gasteiger partial charge >= 0.3 is 0 Å². The van der Waals surface area contributed by atoms with Gasteiger partial charge in [-0.25, -0.2) is 0 Å².